The Bertz CT molecular complexity index is 628. The van der Waals surface area contributed by atoms with Gasteiger partial charge in [-0.1, -0.05) is 24.9 Å². The Hall–Kier alpha value is -2.07. The highest BCUT2D eigenvalue weighted by atomic mass is 35.5. The van der Waals surface area contributed by atoms with Crippen LogP contribution in [-0.4, -0.2) is 29.4 Å². The lowest BCUT2D eigenvalue weighted by Crippen LogP contribution is -2.28. The van der Waals surface area contributed by atoms with Crippen molar-refractivity contribution in [2.45, 2.75) is 19.8 Å². The Morgan fingerprint density at radius 1 is 1.23 bits per heavy atom. The highest BCUT2D eigenvalue weighted by Gasteiger charge is 2.13. The zero-order valence-corrected chi connectivity index (χ0v) is 13.6. The lowest BCUT2D eigenvalue weighted by atomic mass is 10.2. The molecular weight excluding hydrogens is 298 g/mol. The summed E-state index contributed by atoms with van der Waals surface area (Å²) in [5.41, 5.74) is 2.18. The van der Waals surface area contributed by atoms with E-state index in [1.807, 2.05) is 30.3 Å². The van der Waals surface area contributed by atoms with Crippen LogP contribution in [0, 0.1) is 0 Å². The fourth-order valence-corrected chi connectivity index (χ4v) is 2.14. The van der Waals surface area contributed by atoms with Crippen molar-refractivity contribution in [2.75, 3.05) is 18.9 Å². The van der Waals surface area contributed by atoms with E-state index in [9.17, 15) is 4.79 Å². The fraction of sp³-hybridized carbons (Fsp3) is 0.294. The van der Waals surface area contributed by atoms with Crippen molar-refractivity contribution < 1.29 is 4.79 Å². The molecule has 0 unspecified atom stereocenters. The quantitative estimate of drug-likeness (QED) is 0.861. The van der Waals surface area contributed by atoms with Crippen molar-refractivity contribution >= 4 is 28.9 Å². The van der Waals surface area contributed by atoms with Crippen molar-refractivity contribution in [3.8, 4) is 0 Å². The standard InChI is InChI=1S/C17H20ClN3O/c1-3-4-11-21(2)17(22)16-12-15(9-10-19-16)20-14-7-5-13(18)6-8-14/h5-10,12H,3-4,11H2,1-2H3,(H,19,20). The van der Waals surface area contributed by atoms with Gasteiger partial charge in [-0.2, -0.15) is 0 Å². The van der Waals surface area contributed by atoms with E-state index >= 15 is 0 Å². The molecule has 1 aromatic carbocycles. The number of hydrogen-bond acceptors (Lipinski definition) is 3. The zero-order valence-electron chi connectivity index (χ0n) is 12.8. The number of carbonyl (C=O) groups is 1. The smallest absolute Gasteiger partial charge is 0.272 e. The highest BCUT2D eigenvalue weighted by Crippen LogP contribution is 2.19. The number of aromatic nitrogens is 1. The van der Waals surface area contributed by atoms with Gasteiger partial charge in [-0.25, -0.2) is 0 Å². The van der Waals surface area contributed by atoms with E-state index in [-0.39, 0.29) is 5.91 Å². The van der Waals surface area contributed by atoms with Gasteiger partial charge in [-0.3, -0.25) is 9.78 Å². The number of unbranched alkanes of at least 4 members (excludes halogenated alkanes) is 1. The number of halogens is 1. The molecule has 1 amide bonds. The molecule has 2 aromatic rings. The van der Waals surface area contributed by atoms with Crippen LogP contribution in [0.1, 0.15) is 30.3 Å². The predicted octanol–water partition coefficient (Wildman–Crippen LogP) is 4.35. The van der Waals surface area contributed by atoms with E-state index in [0.717, 1.165) is 30.8 Å². The van der Waals surface area contributed by atoms with Gasteiger partial charge < -0.3 is 10.2 Å². The molecule has 4 nitrogen and oxygen atoms in total. The number of carbonyl (C=O) groups excluding carboxylic acids is 1. The van der Waals surface area contributed by atoms with Crippen LogP contribution in [-0.2, 0) is 0 Å². The van der Waals surface area contributed by atoms with Gasteiger partial charge in [-0.05, 0) is 42.8 Å². The van der Waals surface area contributed by atoms with Crippen LogP contribution in [0.25, 0.3) is 0 Å². The average molecular weight is 318 g/mol. The van der Waals surface area contributed by atoms with Crippen molar-refractivity contribution in [2.24, 2.45) is 0 Å². The number of nitrogens with zero attached hydrogens (tertiary/aromatic N) is 2. The van der Waals surface area contributed by atoms with Gasteiger partial charge in [0.1, 0.15) is 5.69 Å². The highest BCUT2D eigenvalue weighted by molar-refractivity contribution is 6.30. The van der Waals surface area contributed by atoms with E-state index in [1.54, 1.807) is 24.2 Å². The summed E-state index contributed by atoms with van der Waals surface area (Å²) in [6.07, 6.45) is 3.69. The minimum absolute atomic E-state index is 0.0618. The van der Waals surface area contributed by atoms with E-state index in [1.165, 1.54) is 0 Å². The summed E-state index contributed by atoms with van der Waals surface area (Å²) in [5, 5.41) is 3.93. The van der Waals surface area contributed by atoms with Crippen molar-refractivity contribution in [3.05, 3.63) is 53.3 Å². The van der Waals surface area contributed by atoms with Gasteiger partial charge in [0.05, 0.1) is 0 Å². The molecule has 22 heavy (non-hydrogen) atoms. The number of hydrogen-bond donors (Lipinski definition) is 1. The molecular formula is C17H20ClN3O. The maximum absolute atomic E-state index is 12.3. The van der Waals surface area contributed by atoms with Crippen LogP contribution in [0.2, 0.25) is 5.02 Å². The second kappa shape index (κ2) is 7.80. The summed E-state index contributed by atoms with van der Waals surface area (Å²) >= 11 is 5.87. The molecule has 116 valence electrons. The van der Waals surface area contributed by atoms with E-state index in [0.29, 0.717) is 10.7 Å². The van der Waals surface area contributed by atoms with Gasteiger partial charge in [0.2, 0.25) is 0 Å². The zero-order chi connectivity index (χ0) is 15.9. The van der Waals surface area contributed by atoms with Gasteiger partial charge in [0, 0.05) is 36.2 Å². The molecule has 1 aromatic heterocycles. The lowest BCUT2D eigenvalue weighted by Gasteiger charge is -2.16. The van der Waals surface area contributed by atoms with Crippen LogP contribution < -0.4 is 5.32 Å². The van der Waals surface area contributed by atoms with Gasteiger partial charge >= 0.3 is 0 Å². The summed E-state index contributed by atoms with van der Waals surface area (Å²) in [7, 11) is 1.80. The Labute approximate surface area is 136 Å². The summed E-state index contributed by atoms with van der Waals surface area (Å²) in [6, 6.07) is 11.0. The van der Waals surface area contributed by atoms with Crippen LogP contribution in [0.5, 0.6) is 0 Å². The molecule has 0 atom stereocenters. The first kappa shape index (κ1) is 16.3. The number of nitrogens with one attached hydrogen (secondary N) is 1. The van der Waals surface area contributed by atoms with Gasteiger partial charge in [-0.15, -0.1) is 0 Å². The van der Waals surface area contributed by atoms with Crippen LogP contribution in [0.3, 0.4) is 0 Å². The van der Waals surface area contributed by atoms with Crippen molar-refractivity contribution in [3.63, 3.8) is 0 Å². The molecule has 0 radical (unpaired) electrons. The van der Waals surface area contributed by atoms with Crippen molar-refractivity contribution in [1.82, 2.24) is 9.88 Å². The average Bonchev–Trinajstić information content (AvgIpc) is 2.54. The summed E-state index contributed by atoms with van der Waals surface area (Å²) in [5.74, 6) is -0.0618. The third-order valence-electron chi connectivity index (χ3n) is 3.31. The Morgan fingerprint density at radius 2 is 1.95 bits per heavy atom. The molecule has 0 saturated carbocycles. The first-order valence-electron chi connectivity index (χ1n) is 7.34. The molecule has 0 aliphatic rings. The first-order valence-corrected chi connectivity index (χ1v) is 7.72. The predicted molar refractivity (Wildman–Crippen MR) is 90.8 cm³/mol. The van der Waals surface area contributed by atoms with Crippen LogP contribution in [0.15, 0.2) is 42.6 Å². The lowest BCUT2D eigenvalue weighted by molar-refractivity contribution is 0.0787. The number of amides is 1. The molecule has 0 aliphatic carbocycles. The third-order valence-corrected chi connectivity index (χ3v) is 3.56. The SMILES string of the molecule is CCCCN(C)C(=O)c1cc(Nc2ccc(Cl)cc2)ccn1. The molecule has 0 saturated heterocycles. The second-order valence-electron chi connectivity index (χ2n) is 5.14. The normalized spacial score (nSPS) is 10.3. The van der Waals surface area contributed by atoms with Gasteiger partial charge in [0.25, 0.3) is 5.91 Å². The fourth-order valence-electron chi connectivity index (χ4n) is 2.02. The van der Waals surface area contributed by atoms with Crippen LogP contribution >= 0.6 is 11.6 Å². The second-order valence-corrected chi connectivity index (χ2v) is 5.58. The Balaban J connectivity index is 2.09. The van der Waals surface area contributed by atoms with E-state index < -0.39 is 0 Å². The van der Waals surface area contributed by atoms with Gasteiger partial charge in [0.15, 0.2) is 0 Å². The molecule has 2 rings (SSSR count). The summed E-state index contributed by atoms with van der Waals surface area (Å²) in [6.45, 7) is 2.85. The molecule has 0 bridgehead atoms. The topological polar surface area (TPSA) is 45.2 Å². The molecule has 0 spiro atoms. The number of benzene rings is 1. The summed E-state index contributed by atoms with van der Waals surface area (Å²) in [4.78, 5) is 18.2. The first-order chi connectivity index (χ1) is 10.6. The molecule has 5 heteroatoms. The van der Waals surface area contributed by atoms with E-state index in [4.69, 9.17) is 11.6 Å². The maximum atomic E-state index is 12.3. The molecule has 1 heterocycles. The van der Waals surface area contributed by atoms with Crippen molar-refractivity contribution in [1.29, 1.82) is 0 Å². The Kier molecular flexibility index (Phi) is 5.78. The summed E-state index contributed by atoms with van der Waals surface area (Å²) < 4.78 is 0. The number of rotatable bonds is 6. The number of pyridine rings is 1. The Morgan fingerprint density at radius 3 is 2.64 bits per heavy atom. The minimum atomic E-state index is -0.0618. The minimum Gasteiger partial charge on any atom is -0.355 e. The maximum Gasteiger partial charge on any atom is 0.272 e. The molecule has 0 aliphatic heterocycles. The van der Waals surface area contributed by atoms with Crippen LogP contribution in [0.4, 0.5) is 11.4 Å². The number of anilines is 2. The largest absolute Gasteiger partial charge is 0.355 e. The monoisotopic (exact) mass is 317 g/mol. The molecule has 1 N–H and O–H groups in total. The third kappa shape index (κ3) is 4.46. The van der Waals surface area contributed by atoms with E-state index in [2.05, 4.69) is 17.2 Å². The molecule has 0 fully saturated rings.